The van der Waals surface area contributed by atoms with Crippen molar-refractivity contribution in [1.82, 2.24) is 19.9 Å². The summed E-state index contributed by atoms with van der Waals surface area (Å²) in [6.45, 7) is 0. The zero-order chi connectivity index (χ0) is 14.9. The van der Waals surface area contributed by atoms with E-state index in [0.717, 1.165) is 35.3 Å². The van der Waals surface area contributed by atoms with E-state index in [-0.39, 0.29) is 13.3 Å². The van der Waals surface area contributed by atoms with Crippen molar-refractivity contribution in [3.05, 3.63) is 36.1 Å². The van der Waals surface area contributed by atoms with E-state index in [1.165, 1.54) is 17.7 Å². The van der Waals surface area contributed by atoms with Crippen molar-refractivity contribution >= 4 is 33.4 Å². The number of nitrogens with one attached hydrogen (secondary N) is 2. The summed E-state index contributed by atoms with van der Waals surface area (Å²) in [6.07, 6.45) is 9.03. The number of carbonyl (C=O) groups excluding carboxylic acids is 1. The lowest BCUT2D eigenvalue weighted by atomic mass is 10.1. The standard InChI is InChI=1S/C15H13N5OS.H2/c21-14(9-3-1-2-4-9)20-15-19-11(7-22-15)12-10-5-6-16-13(10)18-8-17-12;/h1-2,5-9H,3-4H2,(H,16,17,18)(H,19,20,21);1H. The minimum absolute atomic E-state index is 0. The Morgan fingerprint density at radius 1 is 1.36 bits per heavy atom. The SMILES string of the molecule is O=C(Nc1nc(-c2ncnc3[nH]ccc23)cs1)C1CC=CC1.[HH]. The smallest absolute Gasteiger partial charge is 0.229 e. The molecule has 0 bridgehead atoms. The average Bonchev–Trinajstić information content (AvgIpc) is 3.27. The summed E-state index contributed by atoms with van der Waals surface area (Å²) < 4.78 is 0. The van der Waals surface area contributed by atoms with Crippen LogP contribution in [-0.4, -0.2) is 25.8 Å². The maximum absolute atomic E-state index is 12.1. The first-order valence-electron chi connectivity index (χ1n) is 7.01. The molecule has 7 heteroatoms. The number of hydrogen-bond donors (Lipinski definition) is 2. The third-order valence-corrected chi connectivity index (χ3v) is 4.47. The van der Waals surface area contributed by atoms with Crippen LogP contribution in [0.2, 0.25) is 0 Å². The van der Waals surface area contributed by atoms with Gasteiger partial charge in [0.2, 0.25) is 5.91 Å². The Balaban J connectivity index is 0.00000156. The maximum atomic E-state index is 12.1. The van der Waals surface area contributed by atoms with Crippen molar-refractivity contribution in [2.24, 2.45) is 5.92 Å². The molecule has 6 nitrogen and oxygen atoms in total. The van der Waals surface area contributed by atoms with Gasteiger partial charge in [-0.15, -0.1) is 11.3 Å². The van der Waals surface area contributed by atoms with Crippen molar-refractivity contribution < 1.29 is 6.22 Å². The molecular weight excluding hydrogens is 298 g/mol. The molecule has 112 valence electrons. The number of nitrogens with zero attached hydrogens (tertiary/aromatic N) is 3. The van der Waals surface area contributed by atoms with Gasteiger partial charge in [-0.2, -0.15) is 0 Å². The Kier molecular flexibility index (Phi) is 3.19. The first-order valence-corrected chi connectivity index (χ1v) is 7.89. The van der Waals surface area contributed by atoms with Gasteiger partial charge in [0.05, 0.1) is 0 Å². The molecule has 2 N–H and O–H groups in total. The van der Waals surface area contributed by atoms with Gasteiger partial charge in [0.1, 0.15) is 23.4 Å². The Labute approximate surface area is 131 Å². The van der Waals surface area contributed by atoms with Crippen molar-refractivity contribution in [2.75, 3.05) is 5.32 Å². The largest absolute Gasteiger partial charge is 0.346 e. The first-order chi connectivity index (χ1) is 10.8. The molecule has 0 atom stereocenters. The molecule has 1 aliphatic rings. The highest BCUT2D eigenvalue weighted by Crippen LogP contribution is 2.29. The van der Waals surface area contributed by atoms with Gasteiger partial charge < -0.3 is 10.3 Å². The third-order valence-electron chi connectivity index (χ3n) is 3.71. The van der Waals surface area contributed by atoms with E-state index in [9.17, 15) is 4.79 Å². The topological polar surface area (TPSA) is 83.6 Å². The summed E-state index contributed by atoms with van der Waals surface area (Å²) in [4.78, 5) is 28.1. The number of aromatic nitrogens is 4. The van der Waals surface area contributed by atoms with Crippen LogP contribution < -0.4 is 5.32 Å². The number of anilines is 1. The number of allylic oxidation sites excluding steroid dienone is 2. The second-order valence-corrected chi connectivity index (χ2v) is 5.99. The van der Waals surface area contributed by atoms with Gasteiger partial charge in [-0.1, -0.05) is 12.2 Å². The van der Waals surface area contributed by atoms with Crippen LogP contribution in [0.1, 0.15) is 14.3 Å². The van der Waals surface area contributed by atoms with Crippen LogP contribution in [0.25, 0.3) is 22.4 Å². The van der Waals surface area contributed by atoms with E-state index < -0.39 is 0 Å². The fourth-order valence-electron chi connectivity index (χ4n) is 2.56. The first kappa shape index (κ1) is 13.1. The normalized spacial score (nSPS) is 14.7. The molecule has 3 aromatic rings. The van der Waals surface area contributed by atoms with Crippen molar-refractivity contribution in [3.8, 4) is 11.4 Å². The number of carbonyl (C=O) groups is 1. The highest BCUT2D eigenvalue weighted by atomic mass is 32.1. The predicted molar refractivity (Wildman–Crippen MR) is 87.6 cm³/mol. The molecule has 4 rings (SSSR count). The van der Waals surface area contributed by atoms with Gasteiger partial charge in [0.25, 0.3) is 0 Å². The Bertz CT molecular complexity index is 864. The minimum atomic E-state index is 0. The molecule has 0 aliphatic heterocycles. The monoisotopic (exact) mass is 313 g/mol. The molecule has 1 aliphatic carbocycles. The van der Waals surface area contributed by atoms with E-state index >= 15 is 0 Å². The van der Waals surface area contributed by atoms with Crippen molar-refractivity contribution in [1.29, 1.82) is 0 Å². The Morgan fingerprint density at radius 2 is 2.23 bits per heavy atom. The second kappa shape index (κ2) is 5.34. The van der Waals surface area contributed by atoms with Crippen LogP contribution in [0.5, 0.6) is 0 Å². The predicted octanol–water partition coefficient (Wildman–Crippen LogP) is 3.23. The lowest BCUT2D eigenvalue weighted by Gasteiger charge is -2.07. The number of hydrogen-bond acceptors (Lipinski definition) is 5. The summed E-state index contributed by atoms with van der Waals surface area (Å²) in [5, 5.41) is 6.32. The molecular formula is C15H15N5OS. The molecule has 0 radical (unpaired) electrons. The van der Waals surface area contributed by atoms with Gasteiger partial charge in [-0.25, -0.2) is 15.0 Å². The van der Waals surface area contributed by atoms with Crippen molar-refractivity contribution in [2.45, 2.75) is 12.8 Å². The molecule has 0 unspecified atom stereocenters. The minimum Gasteiger partial charge on any atom is -0.346 e. The summed E-state index contributed by atoms with van der Waals surface area (Å²) in [7, 11) is 0. The summed E-state index contributed by atoms with van der Waals surface area (Å²) in [5.74, 6) is 0.0585. The number of thiazole rings is 1. The summed E-state index contributed by atoms with van der Waals surface area (Å²) >= 11 is 1.41. The highest BCUT2D eigenvalue weighted by Gasteiger charge is 2.20. The van der Waals surface area contributed by atoms with E-state index in [4.69, 9.17) is 0 Å². The molecule has 3 aromatic heterocycles. The van der Waals surface area contributed by atoms with Gasteiger partial charge in [0.15, 0.2) is 5.13 Å². The number of rotatable bonds is 3. The second-order valence-electron chi connectivity index (χ2n) is 5.13. The van der Waals surface area contributed by atoms with Gasteiger partial charge in [-0.05, 0) is 18.9 Å². The van der Waals surface area contributed by atoms with E-state index in [2.05, 4.69) is 25.3 Å². The zero-order valence-corrected chi connectivity index (χ0v) is 12.4. The molecule has 0 spiro atoms. The molecule has 1 amide bonds. The van der Waals surface area contributed by atoms with Crippen LogP contribution in [0.4, 0.5) is 5.13 Å². The fourth-order valence-corrected chi connectivity index (χ4v) is 3.25. The maximum Gasteiger partial charge on any atom is 0.229 e. The fraction of sp³-hybridized carbons (Fsp3) is 0.200. The average molecular weight is 313 g/mol. The van der Waals surface area contributed by atoms with Crippen LogP contribution in [0.3, 0.4) is 0 Å². The third kappa shape index (κ3) is 2.29. The molecule has 0 saturated heterocycles. The van der Waals surface area contributed by atoms with E-state index in [1.807, 2.05) is 29.8 Å². The van der Waals surface area contributed by atoms with Gasteiger partial charge in [0, 0.05) is 24.3 Å². The van der Waals surface area contributed by atoms with E-state index in [0.29, 0.717) is 5.13 Å². The molecule has 3 heterocycles. The lowest BCUT2D eigenvalue weighted by molar-refractivity contribution is -0.119. The van der Waals surface area contributed by atoms with Crippen LogP contribution in [0, 0.1) is 5.92 Å². The quantitative estimate of drug-likeness (QED) is 0.727. The Morgan fingerprint density at radius 3 is 3.09 bits per heavy atom. The van der Waals surface area contributed by atoms with Crippen molar-refractivity contribution in [3.63, 3.8) is 0 Å². The number of fused-ring (bicyclic) bond motifs is 1. The number of H-pyrrole nitrogens is 1. The molecule has 0 saturated carbocycles. The number of amides is 1. The molecule has 22 heavy (non-hydrogen) atoms. The zero-order valence-electron chi connectivity index (χ0n) is 11.6. The molecule has 0 aromatic carbocycles. The lowest BCUT2D eigenvalue weighted by Crippen LogP contribution is -2.20. The van der Waals surface area contributed by atoms with Gasteiger partial charge in [-0.3, -0.25) is 4.79 Å². The number of aromatic amines is 1. The summed E-state index contributed by atoms with van der Waals surface area (Å²) in [5.41, 5.74) is 2.29. The van der Waals surface area contributed by atoms with Crippen LogP contribution >= 0.6 is 11.3 Å². The summed E-state index contributed by atoms with van der Waals surface area (Å²) in [6, 6.07) is 1.92. The van der Waals surface area contributed by atoms with E-state index in [1.54, 1.807) is 0 Å². The van der Waals surface area contributed by atoms with Crippen LogP contribution in [-0.2, 0) is 4.79 Å². The van der Waals surface area contributed by atoms with Gasteiger partial charge >= 0.3 is 0 Å². The molecule has 0 fully saturated rings. The Hall–Kier alpha value is -2.54. The highest BCUT2D eigenvalue weighted by molar-refractivity contribution is 7.14. The van der Waals surface area contributed by atoms with Crippen LogP contribution in [0.15, 0.2) is 36.1 Å².